The lowest BCUT2D eigenvalue weighted by molar-refractivity contribution is 0.326. The summed E-state index contributed by atoms with van der Waals surface area (Å²) >= 11 is 0. The van der Waals surface area contributed by atoms with Crippen molar-refractivity contribution in [2.24, 2.45) is 11.1 Å². The van der Waals surface area contributed by atoms with Crippen LogP contribution in [0.15, 0.2) is 18.2 Å². The predicted molar refractivity (Wildman–Crippen MR) is 58.9 cm³/mol. The van der Waals surface area contributed by atoms with E-state index < -0.39 is 0 Å². The normalized spacial score (nSPS) is 14.0. The Morgan fingerprint density at radius 3 is 2.29 bits per heavy atom. The lowest BCUT2D eigenvalue weighted by atomic mass is 9.83. The number of hydrogen-bond acceptors (Lipinski definition) is 3. The zero-order valence-electron chi connectivity index (χ0n) is 8.91. The van der Waals surface area contributed by atoms with E-state index in [1.807, 2.05) is 6.07 Å². The minimum absolute atomic E-state index is 0.0252. The van der Waals surface area contributed by atoms with E-state index in [9.17, 15) is 5.11 Å². The first-order valence-corrected chi connectivity index (χ1v) is 4.66. The fourth-order valence-electron chi connectivity index (χ4n) is 1.25. The van der Waals surface area contributed by atoms with Crippen molar-refractivity contribution >= 4 is 5.69 Å². The second kappa shape index (κ2) is 3.50. The number of aromatic hydroxyl groups is 1. The Morgan fingerprint density at radius 2 is 1.86 bits per heavy atom. The first kappa shape index (κ1) is 10.9. The second-order valence-corrected chi connectivity index (χ2v) is 4.66. The van der Waals surface area contributed by atoms with Crippen molar-refractivity contribution in [3.05, 3.63) is 23.8 Å². The van der Waals surface area contributed by atoms with Gasteiger partial charge in [-0.15, -0.1) is 0 Å². The molecule has 0 aliphatic carbocycles. The summed E-state index contributed by atoms with van der Waals surface area (Å²) in [6, 6.07) is 5.06. The SMILES string of the molecule is CC(C)(C)[C@@H](N)c1ccc(N)c(O)c1. The molecule has 0 spiro atoms. The van der Waals surface area contributed by atoms with Gasteiger partial charge in [-0.25, -0.2) is 0 Å². The summed E-state index contributed by atoms with van der Waals surface area (Å²) in [5.41, 5.74) is 12.8. The lowest BCUT2D eigenvalue weighted by Crippen LogP contribution is -2.26. The number of benzene rings is 1. The van der Waals surface area contributed by atoms with Crippen LogP contribution in [-0.2, 0) is 0 Å². The van der Waals surface area contributed by atoms with Gasteiger partial charge in [0, 0.05) is 6.04 Å². The van der Waals surface area contributed by atoms with Gasteiger partial charge in [-0.3, -0.25) is 0 Å². The van der Waals surface area contributed by atoms with Gasteiger partial charge in [-0.1, -0.05) is 26.8 Å². The number of hydrogen-bond donors (Lipinski definition) is 3. The van der Waals surface area contributed by atoms with Gasteiger partial charge in [0.15, 0.2) is 0 Å². The molecule has 0 fully saturated rings. The van der Waals surface area contributed by atoms with Crippen LogP contribution in [0.1, 0.15) is 32.4 Å². The van der Waals surface area contributed by atoms with Crippen molar-refractivity contribution in [1.29, 1.82) is 0 Å². The molecule has 78 valence electrons. The summed E-state index contributed by atoms with van der Waals surface area (Å²) < 4.78 is 0. The van der Waals surface area contributed by atoms with Gasteiger partial charge in [-0.2, -0.15) is 0 Å². The van der Waals surface area contributed by atoms with Crippen molar-refractivity contribution in [3.63, 3.8) is 0 Å². The Balaban J connectivity index is 3.03. The highest BCUT2D eigenvalue weighted by molar-refractivity contribution is 5.53. The zero-order chi connectivity index (χ0) is 10.9. The Hall–Kier alpha value is -1.22. The molecule has 1 aromatic carbocycles. The third-order valence-corrected chi connectivity index (χ3v) is 2.35. The largest absolute Gasteiger partial charge is 0.506 e. The van der Waals surface area contributed by atoms with E-state index >= 15 is 0 Å². The standard InChI is InChI=1S/C11H18N2O/c1-11(2,3)10(13)7-4-5-8(12)9(14)6-7/h4-6,10,14H,12-13H2,1-3H3/t10-/m0/s1. The van der Waals surface area contributed by atoms with Crippen molar-refractivity contribution in [1.82, 2.24) is 0 Å². The zero-order valence-corrected chi connectivity index (χ0v) is 8.91. The maximum Gasteiger partial charge on any atom is 0.138 e. The molecule has 0 unspecified atom stereocenters. The predicted octanol–water partition coefficient (Wildman–Crippen LogP) is 2.02. The van der Waals surface area contributed by atoms with Crippen LogP contribution < -0.4 is 11.5 Å². The van der Waals surface area contributed by atoms with Gasteiger partial charge in [0.2, 0.25) is 0 Å². The summed E-state index contributed by atoms with van der Waals surface area (Å²) in [7, 11) is 0. The van der Waals surface area contributed by atoms with Crippen LogP contribution in [0.5, 0.6) is 5.75 Å². The average Bonchev–Trinajstić information content (AvgIpc) is 2.07. The third kappa shape index (κ3) is 2.17. The van der Waals surface area contributed by atoms with E-state index in [0.717, 1.165) is 5.56 Å². The molecular weight excluding hydrogens is 176 g/mol. The van der Waals surface area contributed by atoms with Gasteiger partial charge in [-0.05, 0) is 23.1 Å². The van der Waals surface area contributed by atoms with Crippen molar-refractivity contribution in [2.45, 2.75) is 26.8 Å². The van der Waals surface area contributed by atoms with Gasteiger partial charge in [0.25, 0.3) is 0 Å². The minimum atomic E-state index is -0.103. The Morgan fingerprint density at radius 1 is 1.29 bits per heavy atom. The third-order valence-electron chi connectivity index (χ3n) is 2.35. The summed E-state index contributed by atoms with van der Waals surface area (Å²) in [5, 5.41) is 9.43. The molecule has 0 bridgehead atoms. The minimum Gasteiger partial charge on any atom is -0.506 e. The van der Waals surface area contributed by atoms with E-state index in [2.05, 4.69) is 20.8 Å². The molecule has 0 aliphatic heterocycles. The monoisotopic (exact) mass is 194 g/mol. The van der Waals surface area contributed by atoms with Crippen LogP contribution in [-0.4, -0.2) is 5.11 Å². The van der Waals surface area contributed by atoms with Crippen LogP contribution in [0.4, 0.5) is 5.69 Å². The quantitative estimate of drug-likeness (QED) is 0.473. The van der Waals surface area contributed by atoms with Crippen LogP contribution in [0.3, 0.4) is 0 Å². The fourth-order valence-corrected chi connectivity index (χ4v) is 1.25. The van der Waals surface area contributed by atoms with Crippen LogP contribution in [0.2, 0.25) is 0 Å². The van der Waals surface area contributed by atoms with Gasteiger partial charge in [0.1, 0.15) is 5.75 Å². The smallest absolute Gasteiger partial charge is 0.138 e. The Labute approximate surface area is 84.7 Å². The van der Waals surface area contributed by atoms with E-state index in [-0.39, 0.29) is 17.2 Å². The second-order valence-electron chi connectivity index (χ2n) is 4.66. The summed E-state index contributed by atoms with van der Waals surface area (Å²) in [6.45, 7) is 6.18. The van der Waals surface area contributed by atoms with E-state index in [4.69, 9.17) is 11.5 Å². The lowest BCUT2D eigenvalue weighted by Gasteiger charge is -2.27. The molecule has 1 aromatic rings. The Kier molecular flexibility index (Phi) is 2.71. The topological polar surface area (TPSA) is 72.3 Å². The highest BCUT2D eigenvalue weighted by atomic mass is 16.3. The first-order valence-electron chi connectivity index (χ1n) is 4.66. The molecule has 0 radical (unpaired) electrons. The first-order chi connectivity index (χ1) is 6.32. The molecule has 3 heteroatoms. The van der Waals surface area contributed by atoms with Crippen molar-refractivity contribution in [2.75, 3.05) is 5.73 Å². The molecule has 0 amide bonds. The van der Waals surface area contributed by atoms with Crippen molar-refractivity contribution < 1.29 is 5.11 Å². The van der Waals surface area contributed by atoms with E-state index in [0.29, 0.717) is 5.69 Å². The van der Waals surface area contributed by atoms with E-state index in [1.54, 1.807) is 12.1 Å². The fraction of sp³-hybridized carbons (Fsp3) is 0.455. The number of nitrogen functional groups attached to an aromatic ring is 1. The maximum atomic E-state index is 9.43. The van der Waals surface area contributed by atoms with E-state index in [1.165, 1.54) is 0 Å². The van der Waals surface area contributed by atoms with Gasteiger partial charge < -0.3 is 16.6 Å². The summed E-state index contributed by atoms with van der Waals surface area (Å²) in [5.74, 6) is 0.0993. The van der Waals surface area contributed by atoms with Crippen LogP contribution in [0.25, 0.3) is 0 Å². The molecule has 0 heterocycles. The molecule has 1 atom stereocenters. The number of rotatable bonds is 1. The molecule has 0 saturated carbocycles. The summed E-state index contributed by atoms with van der Waals surface area (Å²) in [6.07, 6.45) is 0. The van der Waals surface area contributed by atoms with Crippen LogP contribution in [0, 0.1) is 5.41 Å². The van der Waals surface area contributed by atoms with Gasteiger partial charge >= 0.3 is 0 Å². The van der Waals surface area contributed by atoms with Crippen molar-refractivity contribution in [3.8, 4) is 5.75 Å². The molecule has 14 heavy (non-hydrogen) atoms. The van der Waals surface area contributed by atoms with Gasteiger partial charge in [0.05, 0.1) is 5.69 Å². The maximum absolute atomic E-state index is 9.43. The molecule has 0 saturated heterocycles. The highest BCUT2D eigenvalue weighted by Gasteiger charge is 2.22. The summed E-state index contributed by atoms with van der Waals surface area (Å²) in [4.78, 5) is 0. The average molecular weight is 194 g/mol. The molecule has 3 nitrogen and oxygen atoms in total. The Bertz CT molecular complexity index is 329. The molecule has 5 N–H and O–H groups in total. The molecule has 1 rings (SSSR count). The molecule has 0 aromatic heterocycles. The number of phenols is 1. The molecular formula is C11H18N2O. The number of nitrogens with two attached hydrogens (primary N) is 2. The highest BCUT2D eigenvalue weighted by Crippen LogP contribution is 2.33. The number of phenolic OH excluding ortho intramolecular Hbond substituents is 1. The number of anilines is 1. The molecule has 0 aliphatic rings. The van der Waals surface area contributed by atoms with Crippen LogP contribution >= 0.6 is 0 Å².